The minimum absolute atomic E-state index is 0.0475. The van der Waals surface area contributed by atoms with E-state index in [1.54, 1.807) is 0 Å². The average molecular weight is 461 g/mol. The zero-order valence-corrected chi connectivity index (χ0v) is 16.6. The summed E-state index contributed by atoms with van der Waals surface area (Å²) in [6.07, 6.45) is 1.24. The van der Waals surface area contributed by atoms with Gasteiger partial charge >= 0.3 is 16.4 Å². The number of anilines is 1. The maximum atomic E-state index is 12.7. The van der Waals surface area contributed by atoms with Crippen molar-refractivity contribution < 1.29 is 41.6 Å². The standard InChI is InChI=1S/C14H15N5O9S2/c1-6(12(22)23)27-18-8(7-5-29-13(15)16-7)10(20)17-9-11(21)19(28-30(24,25)26)14(9)3-2-4-14/h5,9H,1-4H2,(H2,15,16)(H,17,20)(H,22,23)(H,24,25,26)/b18-8-. The predicted molar refractivity (Wildman–Crippen MR) is 98.9 cm³/mol. The summed E-state index contributed by atoms with van der Waals surface area (Å²) >= 11 is 0.974. The van der Waals surface area contributed by atoms with Crippen LogP contribution in [0.4, 0.5) is 5.13 Å². The smallest absolute Gasteiger partial charge is 0.418 e. The molecule has 1 saturated carbocycles. The molecule has 0 radical (unpaired) electrons. The zero-order valence-electron chi connectivity index (χ0n) is 15.0. The number of nitrogens with two attached hydrogens (primary N) is 1. The van der Waals surface area contributed by atoms with Crippen molar-refractivity contribution in [3.8, 4) is 0 Å². The second kappa shape index (κ2) is 7.63. The van der Waals surface area contributed by atoms with E-state index in [0.717, 1.165) is 11.3 Å². The molecule has 1 unspecified atom stereocenters. The molecule has 162 valence electrons. The highest BCUT2D eigenvalue weighted by molar-refractivity contribution is 7.80. The SMILES string of the molecule is C=C(O/N=C(\C(=O)NC1C(=O)N(OS(=O)(=O)O)C12CCC2)c1csc(N)n1)C(=O)O. The Labute approximate surface area is 172 Å². The summed E-state index contributed by atoms with van der Waals surface area (Å²) in [6.45, 7) is 3.11. The summed E-state index contributed by atoms with van der Waals surface area (Å²) in [5.41, 5.74) is 3.86. The lowest BCUT2D eigenvalue weighted by Crippen LogP contribution is -2.81. The van der Waals surface area contributed by atoms with Gasteiger partial charge in [-0.25, -0.2) is 9.78 Å². The number of rotatable bonds is 8. The highest BCUT2D eigenvalue weighted by atomic mass is 32.3. The van der Waals surface area contributed by atoms with Gasteiger partial charge in [-0.3, -0.25) is 14.1 Å². The van der Waals surface area contributed by atoms with E-state index in [1.807, 2.05) is 0 Å². The number of β-lactam (4-membered cyclic amide) rings is 1. The van der Waals surface area contributed by atoms with Gasteiger partial charge < -0.3 is 21.0 Å². The molecule has 1 saturated heterocycles. The lowest BCUT2D eigenvalue weighted by molar-refractivity contribution is -0.243. The van der Waals surface area contributed by atoms with Gasteiger partial charge in [-0.1, -0.05) is 5.16 Å². The monoisotopic (exact) mass is 461 g/mol. The number of carbonyl (C=O) groups is 3. The molecule has 2 amide bonds. The number of nitrogen functional groups attached to an aromatic ring is 1. The minimum atomic E-state index is -4.94. The third kappa shape index (κ3) is 3.97. The Bertz CT molecular complexity index is 1060. The number of hydrogen-bond acceptors (Lipinski definition) is 11. The number of hydroxylamine groups is 2. The van der Waals surface area contributed by atoms with Gasteiger partial charge in [-0.05, 0) is 25.8 Å². The number of hydrogen-bond donors (Lipinski definition) is 4. The predicted octanol–water partition coefficient (Wildman–Crippen LogP) is -0.972. The first-order valence-corrected chi connectivity index (χ1v) is 10.4. The number of amides is 2. The van der Waals surface area contributed by atoms with Gasteiger partial charge in [0.05, 0.1) is 0 Å². The van der Waals surface area contributed by atoms with Gasteiger partial charge in [-0.15, -0.1) is 15.6 Å². The van der Waals surface area contributed by atoms with Crippen molar-refractivity contribution in [1.29, 1.82) is 0 Å². The molecule has 2 aliphatic rings. The molecule has 1 aliphatic heterocycles. The second-order valence-electron chi connectivity index (χ2n) is 6.33. The summed E-state index contributed by atoms with van der Waals surface area (Å²) in [7, 11) is -4.94. The van der Waals surface area contributed by atoms with Gasteiger partial charge in [0.1, 0.15) is 17.3 Å². The Hall–Kier alpha value is -3.08. The lowest BCUT2D eigenvalue weighted by atomic mass is 9.65. The molecule has 14 nitrogen and oxygen atoms in total. The molecule has 1 atom stereocenters. The van der Waals surface area contributed by atoms with Crippen LogP contribution in [0.5, 0.6) is 0 Å². The van der Waals surface area contributed by atoms with Crippen molar-refractivity contribution in [3.05, 3.63) is 23.4 Å². The topological polar surface area (TPSA) is 211 Å². The largest absolute Gasteiger partial charge is 0.475 e. The van der Waals surface area contributed by atoms with Crippen molar-refractivity contribution in [2.45, 2.75) is 30.8 Å². The van der Waals surface area contributed by atoms with Crippen LogP contribution in [0.3, 0.4) is 0 Å². The first-order valence-electron chi connectivity index (χ1n) is 8.15. The summed E-state index contributed by atoms with van der Waals surface area (Å²) in [5, 5.41) is 16.6. The first kappa shape index (κ1) is 21.6. The van der Waals surface area contributed by atoms with E-state index in [0.29, 0.717) is 24.3 Å². The molecular formula is C14H15N5O9S2. The molecule has 1 aromatic heterocycles. The molecule has 16 heteroatoms. The first-order chi connectivity index (χ1) is 13.9. The summed E-state index contributed by atoms with van der Waals surface area (Å²) < 4.78 is 35.1. The van der Waals surface area contributed by atoms with Crippen molar-refractivity contribution >= 4 is 50.4 Å². The van der Waals surface area contributed by atoms with E-state index < -0.39 is 51.2 Å². The summed E-state index contributed by atoms with van der Waals surface area (Å²) in [4.78, 5) is 44.4. The maximum absolute atomic E-state index is 12.7. The minimum Gasteiger partial charge on any atom is -0.475 e. The maximum Gasteiger partial charge on any atom is 0.418 e. The number of thiazole rings is 1. The van der Waals surface area contributed by atoms with E-state index in [4.69, 9.17) is 15.4 Å². The molecular weight excluding hydrogens is 446 g/mol. The number of oxime groups is 1. The lowest BCUT2D eigenvalue weighted by Gasteiger charge is -2.59. The number of nitrogens with one attached hydrogen (secondary N) is 1. The number of carboxylic acid groups (broad SMARTS) is 1. The van der Waals surface area contributed by atoms with E-state index in [1.165, 1.54) is 5.38 Å². The fourth-order valence-corrected chi connectivity index (χ4v) is 3.95. The number of carbonyl (C=O) groups excluding carboxylic acids is 2. The molecule has 1 aliphatic carbocycles. The molecule has 5 N–H and O–H groups in total. The van der Waals surface area contributed by atoms with Crippen LogP contribution in [-0.2, 0) is 33.9 Å². The van der Waals surface area contributed by atoms with Crippen molar-refractivity contribution in [3.63, 3.8) is 0 Å². The molecule has 0 bridgehead atoms. The van der Waals surface area contributed by atoms with Crippen LogP contribution in [0.2, 0.25) is 0 Å². The van der Waals surface area contributed by atoms with Gasteiger partial charge in [0.25, 0.3) is 11.8 Å². The zero-order chi connectivity index (χ0) is 22.3. The molecule has 2 heterocycles. The fourth-order valence-electron chi connectivity index (χ4n) is 2.99. The molecule has 1 aromatic rings. The van der Waals surface area contributed by atoms with Crippen molar-refractivity contribution in [2.75, 3.05) is 5.73 Å². The average Bonchev–Trinajstić information content (AvgIpc) is 3.03. The van der Waals surface area contributed by atoms with E-state index in [2.05, 4.69) is 31.2 Å². The summed E-state index contributed by atoms with van der Waals surface area (Å²) in [5.74, 6) is -4.16. The fraction of sp³-hybridized carbons (Fsp3) is 0.357. The third-order valence-corrected chi connectivity index (χ3v) is 5.53. The number of aliphatic carboxylic acids is 1. The van der Waals surface area contributed by atoms with Gasteiger partial charge in [0.15, 0.2) is 10.8 Å². The molecule has 0 aromatic carbocycles. The third-order valence-electron chi connectivity index (χ3n) is 4.52. The number of aromatic nitrogens is 1. The molecule has 2 fully saturated rings. The second-order valence-corrected chi connectivity index (χ2v) is 8.22. The van der Waals surface area contributed by atoms with Crippen molar-refractivity contribution in [2.24, 2.45) is 5.16 Å². The highest BCUT2D eigenvalue weighted by Gasteiger charge is 2.66. The Balaban J connectivity index is 1.82. The van der Waals surface area contributed by atoms with Gasteiger partial charge in [0.2, 0.25) is 5.76 Å². The molecule has 3 rings (SSSR count). The van der Waals surface area contributed by atoms with Crippen LogP contribution < -0.4 is 11.1 Å². The van der Waals surface area contributed by atoms with Crippen LogP contribution in [-0.4, -0.2) is 63.2 Å². The molecule has 1 spiro atoms. The van der Waals surface area contributed by atoms with E-state index >= 15 is 0 Å². The Morgan fingerprint density at radius 2 is 2.13 bits per heavy atom. The summed E-state index contributed by atoms with van der Waals surface area (Å²) in [6, 6.07) is -1.18. The van der Waals surface area contributed by atoms with E-state index in [9.17, 15) is 22.8 Å². The van der Waals surface area contributed by atoms with Crippen LogP contribution >= 0.6 is 11.3 Å². The normalized spacial score (nSPS) is 20.3. The Morgan fingerprint density at radius 1 is 1.47 bits per heavy atom. The Kier molecular flexibility index (Phi) is 5.50. The van der Waals surface area contributed by atoms with Gasteiger partial charge in [-0.2, -0.15) is 13.5 Å². The number of nitrogens with zero attached hydrogens (tertiary/aromatic N) is 3. The Morgan fingerprint density at radius 3 is 2.60 bits per heavy atom. The van der Waals surface area contributed by atoms with Gasteiger partial charge in [0, 0.05) is 5.38 Å². The van der Waals surface area contributed by atoms with Crippen LogP contribution in [0.25, 0.3) is 0 Å². The molecule has 30 heavy (non-hydrogen) atoms. The highest BCUT2D eigenvalue weighted by Crippen LogP contribution is 2.48. The van der Waals surface area contributed by atoms with Crippen LogP contribution in [0.15, 0.2) is 22.9 Å². The van der Waals surface area contributed by atoms with E-state index in [-0.39, 0.29) is 10.8 Å². The van der Waals surface area contributed by atoms with Crippen molar-refractivity contribution in [1.82, 2.24) is 15.4 Å². The van der Waals surface area contributed by atoms with Crippen LogP contribution in [0.1, 0.15) is 25.0 Å². The number of carboxylic acids is 1. The quantitative estimate of drug-likeness (QED) is 0.0923. The van der Waals surface area contributed by atoms with Crippen LogP contribution in [0, 0.1) is 0 Å².